The first-order chi connectivity index (χ1) is 8.24. The van der Waals surface area contributed by atoms with Gasteiger partial charge in [-0.2, -0.15) is 13.2 Å². The van der Waals surface area contributed by atoms with Crippen molar-refractivity contribution < 1.29 is 18.3 Å². The number of rotatable bonds is 4. The second kappa shape index (κ2) is 5.56. The van der Waals surface area contributed by atoms with Crippen molar-refractivity contribution in [1.82, 2.24) is 4.98 Å². The van der Waals surface area contributed by atoms with Crippen LogP contribution < -0.4 is 4.90 Å². The number of aliphatic hydroxyl groups is 1. The van der Waals surface area contributed by atoms with Crippen molar-refractivity contribution in [1.29, 1.82) is 0 Å². The third-order valence-electron chi connectivity index (χ3n) is 2.62. The van der Waals surface area contributed by atoms with Crippen molar-refractivity contribution in [2.24, 2.45) is 0 Å². The molecule has 0 aliphatic rings. The maximum Gasteiger partial charge on any atom is 0.405 e. The van der Waals surface area contributed by atoms with Crippen LogP contribution in [0.1, 0.15) is 25.1 Å². The highest BCUT2D eigenvalue weighted by atomic mass is 19.4. The standard InChI is InChI=1S/C12H17F3N2O/c1-8(2)17(7-12(13,14)15)11-5-4-10(6-18)9(3)16-11/h4-5,8,18H,6-7H2,1-3H3. The van der Waals surface area contributed by atoms with E-state index in [9.17, 15) is 13.2 Å². The summed E-state index contributed by atoms with van der Waals surface area (Å²) in [6.07, 6.45) is -4.27. The molecule has 0 radical (unpaired) electrons. The van der Waals surface area contributed by atoms with Crippen molar-refractivity contribution in [3.63, 3.8) is 0 Å². The van der Waals surface area contributed by atoms with Crippen LogP contribution in [0.4, 0.5) is 19.0 Å². The van der Waals surface area contributed by atoms with Gasteiger partial charge >= 0.3 is 6.18 Å². The van der Waals surface area contributed by atoms with E-state index in [1.165, 1.54) is 11.0 Å². The molecule has 1 aromatic rings. The van der Waals surface area contributed by atoms with E-state index in [0.717, 1.165) is 0 Å². The van der Waals surface area contributed by atoms with E-state index < -0.39 is 12.7 Å². The third-order valence-corrected chi connectivity index (χ3v) is 2.62. The summed E-state index contributed by atoms with van der Waals surface area (Å²) in [6.45, 7) is 3.84. The lowest BCUT2D eigenvalue weighted by molar-refractivity contribution is -0.120. The lowest BCUT2D eigenvalue weighted by Crippen LogP contribution is -2.39. The van der Waals surface area contributed by atoms with Crippen LogP contribution in [-0.2, 0) is 6.61 Å². The SMILES string of the molecule is Cc1nc(N(CC(F)(F)F)C(C)C)ccc1CO. The Morgan fingerprint density at radius 2 is 1.94 bits per heavy atom. The van der Waals surface area contributed by atoms with E-state index in [4.69, 9.17) is 5.11 Å². The molecule has 1 heterocycles. The van der Waals surface area contributed by atoms with Crippen molar-refractivity contribution in [3.8, 4) is 0 Å². The Kier molecular flexibility index (Phi) is 4.56. The zero-order valence-electron chi connectivity index (χ0n) is 10.6. The minimum absolute atomic E-state index is 0.167. The second-order valence-electron chi connectivity index (χ2n) is 4.41. The predicted molar refractivity (Wildman–Crippen MR) is 63.4 cm³/mol. The third kappa shape index (κ3) is 3.87. The average Bonchev–Trinajstić information content (AvgIpc) is 2.24. The summed E-state index contributed by atoms with van der Waals surface area (Å²) in [5.41, 5.74) is 1.16. The topological polar surface area (TPSA) is 36.4 Å². The van der Waals surface area contributed by atoms with E-state index in [-0.39, 0.29) is 18.5 Å². The van der Waals surface area contributed by atoms with Gasteiger partial charge in [0.15, 0.2) is 0 Å². The lowest BCUT2D eigenvalue weighted by atomic mass is 10.2. The maximum absolute atomic E-state index is 12.5. The number of alkyl halides is 3. The predicted octanol–water partition coefficient (Wildman–Crippen LogP) is 2.66. The van der Waals surface area contributed by atoms with Gasteiger partial charge in [0.2, 0.25) is 0 Å². The molecule has 1 N–H and O–H groups in total. The average molecular weight is 262 g/mol. The van der Waals surface area contributed by atoms with Crippen molar-refractivity contribution in [2.45, 2.75) is 39.6 Å². The van der Waals surface area contributed by atoms with E-state index in [1.54, 1.807) is 26.8 Å². The number of hydrogen-bond acceptors (Lipinski definition) is 3. The highest BCUT2D eigenvalue weighted by Gasteiger charge is 2.32. The maximum atomic E-state index is 12.5. The Morgan fingerprint density at radius 1 is 1.33 bits per heavy atom. The normalized spacial score (nSPS) is 12.0. The minimum Gasteiger partial charge on any atom is -0.392 e. The molecule has 1 rings (SSSR count). The van der Waals surface area contributed by atoms with Crippen LogP contribution in [0.25, 0.3) is 0 Å². The van der Waals surface area contributed by atoms with Crippen LogP contribution in [0.3, 0.4) is 0 Å². The molecule has 0 aromatic carbocycles. The van der Waals surface area contributed by atoms with Gasteiger partial charge in [-0.1, -0.05) is 6.07 Å². The molecule has 0 aliphatic carbocycles. The fraction of sp³-hybridized carbons (Fsp3) is 0.583. The first-order valence-electron chi connectivity index (χ1n) is 5.65. The molecule has 0 bridgehead atoms. The number of aliphatic hydroxyl groups excluding tert-OH is 1. The number of aryl methyl sites for hydroxylation is 1. The minimum atomic E-state index is -4.27. The molecule has 0 unspecified atom stereocenters. The lowest BCUT2D eigenvalue weighted by Gasteiger charge is -2.29. The summed E-state index contributed by atoms with van der Waals surface area (Å²) in [5, 5.41) is 9.01. The van der Waals surface area contributed by atoms with Crippen LogP contribution in [-0.4, -0.2) is 28.9 Å². The van der Waals surface area contributed by atoms with Crippen LogP contribution >= 0.6 is 0 Å². The molecule has 102 valence electrons. The van der Waals surface area contributed by atoms with E-state index in [2.05, 4.69) is 4.98 Å². The summed E-state index contributed by atoms with van der Waals surface area (Å²) in [5.74, 6) is 0.275. The van der Waals surface area contributed by atoms with Gasteiger partial charge in [-0.15, -0.1) is 0 Å². The summed E-state index contributed by atoms with van der Waals surface area (Å²) >= 11 is 0. The molecule has 3 nitrogen and oxygen atoms in total. The molecular weight excluding hydrogens is 245 g/mol. The molecule has 0 saturated carbocycles. The summed E-state index contributed by atoms with van der Waals surface area (Å²) in [4.78, 5) is 5.30. The van der Waals surface area contributed by atoms with Crippen molar-refractivity contribution in [2.75, 3.05) is 11.4 Å². The Bertz CT molecular complexity index is 405. The van der Waals surface area contributed by atoms with Crippen LogP contribution in [0.15, 0.2) is 12.1 Å². The fourth-order valence-corrected chi connectivity index (χ4v) is 1.62. The van der Waals surface area contributed by atoms with E-state index >= 15 is 0 Å². The second-order valence-corrected chi connectivity index (χ2v) is 4.41. The van der Waals surface area contributed by atoms with Gasteiger partial charge in [0.05, 0.1) is 6.61 Å². The number of nitrogens with zero attached hydrogens (tertiary/aromatic N) is 2. The fourth-order valence-electron chi connectivity index (χ4n) is 1.62. The van der Waals surface area contributed by atoms with Gasteiger partial charge in [0.25, 0.3) is 0 Å². The molecule has 0 saturated heterocycles. The van der Waals surface area contributed by atoms with E-state index in [1.807, 2.05) is 0 Å². The van der Waals surface area contributed by atoms with Crippen molar-refractivity contribution in [3.05, 3.63) is 23.4 Å². The number of hydrogen-bond donors (Lipinski definition) is 1. The van der Waals surface area contributed by atoms with Crippen LogP contribution in [0, 0.1) is 6.92 Å². The van der Waals surface area contributed by atoms with E-state index in [0.29, 0.717) is 11.3 Å². The highest BCUT2D eigenvalue weighted by molar-refractivity contribution is 5.42. The van der Waals surface area contributed by atoms with Gasteiger partial charge < -0.3 is 10.0 Å². The molecule has 0 amide bonds. The monoisotopic (exact) mass is 262 g/mol. The molecule has 1 aromatic heterocycles. The Labute approximate surface area is 104 Å². The first kappa shape index (κ1) is 14.8. The highest BCUT2D eigenvalue weighted by Crippen LogP contribution is 2.23. The van der Waals surface area contributed by atoms with Crippen LogP contribution in [0.2, 0.25) is 0 Å². The van der Waals surface area contributed by atoms with Gasteiger partial charge in [-0.05, 0) is 32.4 Å². The summed E-state index contributed by atoms with van der Waals surface area (Å²) in [6, 6.07) is 2.80. The molecule has 0 aliphatic heterocycles. The number of aromatic nitrogens is 1. The largest absolute Gasteiger partial charge is 0.405 e. The molecule has 0 fully saturated rings. The molecule has 0 spiro atoms. The zero-order chi connectivity index (χ0) is 13.9. The molecule has 18 heavy (non-hydrogen) atoms. The zero-order valence-corrected chi connectivity index (χ0v) is 10.6. The Hall–Kier alpha value is -1.30. The van der Waals surface area contributed by atoms with Gasteiger partial charge in [-0.3, -0.25) is 0 Å². The summed E-state index contributed by atoms with van der Waals surface area (Å²) < 4.78 is 37.5. The Morgan fingerprint density at radius 3 is 2.33 bits per heavy atom. The molecule has 0 atom stereocenters. The van der Waals surface area contributed by atoms with Gasteiger partial charge in [0, 0.05) is 11.7 Å². The quantitative estimate of drug-likeness (QED) is 0.906. The molecular formula is C12H17F3N2O. The summed E-state index contributed by atoms with van der Waals surface area (Å²) in [7, 11) is 0. The Balaban J connectivity index is 3.03. The molecule has 6 heteroatoms. The van der Waals surface area contributed by atoms with Gasteiger partial charge in [0.1, 0.15) is 12.4 Å². The van der Waals surface area contributed by atoms with Gasteiger partial charge in [-0.25, -0.2) is 4.98 Å². The number of anilines is 1. The smallest absolute Gasteiger partial charge is 0.392 e. The first-order valence-corrected chi connectivity index (χ1v) is 5.65. The number of halogens is 3. The number of pyridine rings is 1. The van der Waals surface area contributed by atoms with Crippen LogP contribution in [0.5, 0.6) is 0 Å². The van der Waals surface area contributed by atoms with Crippen molar-refractivity contribution >= 4 is 5.82 Å².